The first kappa shape index (κ1) is 19.9. The van der Waals surface area contributed by atoms with Crippen molar-refractivity contribution in [1.82, 2.24) is 14.7 Å². The fraction of sp³-hybridized carbons (Fsp3) is 0.636. The maximum Gasteiger partial charge on any atom is 0.236 e. The van der Waals surface area contributed by atoms with E-state index in [0.717, 1.165) is 51.0 Å². The van der Waals surface area contributed by atoms with E-state index in [1.54, 1.807) is 4.90 Å². The van der Waals surface area contributed by atoms with Crippen LogP contribution in [0.3, 0.4) is 0 Å². The Kier molecular flexibility index (Phi) is 6.89. The molecule has 1 aromatic rings. The Bertz CT molecular complexity index is 626. The quantitative estimate of drug-likeness (QED) is 0.799. The van der Waals surface area contributed by atoms with E-state index in [1.807, 2.05) is 37.4 Å². The lowest BCUT2D eigenvalue weighted by Gasteiger charge is -2.37. The van der Waals surface area contributed by atoms with E-state index in [1.165, 1.54) is 6.42 Å². The maximum absolute atomic E-state index is 12.8. The van der Waals surface area contributed by atoms with Crippen LogP contribution in [0, 0.1) is 11.8 Å². The minimum Gasteiger partial charge on any atom is -0.342 e. The number of benzene rings is 1. The molecule has 1 aromatic carbocycles. The van der Waals surface area contributed by atoms with E-state index >= 15 is 0 Å². The smallest absolute Gasteiger partial charge is 0.236 e. The van der Waals surface area contributed by atoms with Gasteiger partial charge in [-0.3, -0.25) is 14.5 Å². The Morgan fingerprint density at radius 1 is 1.07 bits per heavy atom. The second-order valence-electron chi connectivity index (χ2n) is 8.32. The first-order valence-corrected chi connectivity index (χ1v) is 10.3. The van der Waals surface area contributed by atoms with Gasteiger partial charge in [-0.05, 0) is 50.3 Å². The molecule has 0 spiro atoms. The van der Waals surface area contributed by atoms with Gasteiger partial charge in [-0.2, -0.15) is 0 Å². The minimum absolute atomic E-state index is 0.142. The number of likely N-dealkylation sites (tertiary alicyclic amines) is 2. The third-order valence-corrected chi connectivity index (χ3v) is 5.95. The number of hydrogen-bond donors (Lipinski definition) is 0. The van der Waals surface area contributed by atoms with E-state index in [2.05, 4.69) is 16.7 Å². The van der Waals surface area contributed by atoms with Crippen molar-refractivity contribution in [2.24, 2.45) is 11.8 Å². The first-order valence-electron chi connectivity index (χ1n) is 10.3. The maximum atomic E-state index is 12.8. The zero-order valence-electron chi connectivity index (χ0n) is 16.8. The van der Waals surface area contributed by atoms with Crippen LogP contribution in [-0.2, 0) is 16.1 Å². The van der Waals surface area contributed by atoms with Gasteiger partial charge in [0.1, 0.15) is 0 Å². The zero-order valence-corrected chi connectivity index (χ0v) is 16.8. The second kappa shape index (κ2) is 9.36. The van der Waals surface area contributed by atoms with E-state index in [-0.39, 0.29) is 11.8 Å². The molecule has 27 heavy (non-hydrogen) atoms. The molecule has 2 aliphatic rings. The van der Waals surface area contributed by atoms with Gasteiger partial charge in [0, 0.05) is 32.6 Å². The topological polar surface area (TPSA) is 43.9 Å². The van der Waals surface area contributed by atoms with Crippen LogP contribution < -0.4 is 0 Å². The highest BCUT2D eigenvalue weighted by molar-refractivity contribution is 5.79. The molecule has 0 unspecified atom stereocenters. The van der Waals surface area contributed by atoms with Crippen molar-refractivity contribution < 1.29 is 9.59 Å². The largest absolute Gasteiger partial charge is 0.342 e. The number of likely N-dealkylation sites (N-methyl/N-ethyl adjacent to an activating group) is 1. The molecule has 0 radical (unpaired) electrons. The lowest BCUT2D eigenvalue weighted by atomic mass is 9.93. The third kappa shape index (κ3) is 5.55. The molecule has 3 rings (SSSR count). The molecule has 0 aliphatic carbocycles. The molecule has 0 saturated carbocycles. The second-order valence-corrected chi connectivity index (χ2v) is 8.32. The lowest BCUT2D eigenvalue weighted by molar-refractivity contribution is -0.139. The average Bonchev–Trinajstić information content (AvgIpc) is 2.69. The van der Waals surface area contributed by atoms with Gasteiger partial charge in [0.2, 0.25) is 11.8 Å². The fourth-order valence-electron chi connectivity index (χ4n) is 4.24. The molecular formula is C22H33N3O2. The van der Waals surface area contributed by atoms with Gasteiger partial charge in [0.25, 0.3) is 0 Å². The highest BCUT2D eigenvalue weighted by Gasteiger charge is 2.31. The first-order chi connectivity index (χ1) is 13.0. The van der Waals surface area contributed by atoms with Crippen molar-refractivity contribution >= 4 is 11.8 Å². The van der Waals surface area contributed by atoms with Crippen molar-refractivity contribution in [2.75, 3.05) is 39.8 Å². The molecule has 2 aliphatic heterocycles. The van der Waals surface area contributed by atoms with Crippen LogP contribution >= 0.6 is 0 Å². The molecule has 2 amide bonds. The SMILES string of the molecule is C[C@@H]1CCCN(C(=O)C2CCN(CC(=O)N(C)Cc3ccccc3)CC2)C1. The van der Waals surface area contributed by atoms with Crippen molar-refractivity contribution in [3.05, 3.63) is 35.9 Å². The normalized spacial score (nSPS) is 21.9. The van der Waals surface area contributed by atoms with Crippen molar-refractivity contribution in [2.45, 2.75) is 39.2 Å². The molecule has 2 fully saturated rings. The summed E-state index contributed by atoms with van der Waals surface area (Å²) in [6.07, 6.45) is 4.12. The number of carbonyl (C=O) groups excluding carboxylic acids is 2. The van der Waals surface area contributed by atoms with Crippen LogP contribution in [0.2, 0.25) is 0 Å². The predicted octanol–water partition coefficient (Wildman–Crippen LogP) is 2.62. The molecule has 0 bridgehead atoms. The van der Waals surface area contributed by atoms with Crippen LogP contribution in [0.4, 0.5) is 0 Å². The zero-order chi connectivity index (χ0) is 19.2. The summed E-state index contributed by atoms with van der Waals surface area (Å²) in [7, 11) is 1.86. The minimum atomic E-state index is 0.142. The molecule has 2 heterocycles. The van der Waals surface area contributed by atoms with Crippen LogP contribution in [0.15, 0.2) is 30.3 Å². The standard InChI is InChI=1S/C22H33N3O2/c1-18-7-6-12-25(15-18)22(27)20-10-13-24(14-11-20)17-21(26)23(2)16-19-8-4-3-5-9-19/h3-5,8-9,18,20H,6-7,10-17H2,1-2H3/t18-/m1/s1. The summed E-state index contributed by atoms with van der Waals surface area (Å²) < 4.78 is 0. The summed E-state index contributed by atoms with van der Waals surface area (Å²) >= 11 is 0. The Labute approximate surface area is 163 Å². The van der Waals surface area contributed by atoms with E-state index in [9.17, 15) is 9.59 Å². The molecule has 148 valence electrons. The molecule has 0 aromatic heterocycles. The van der Waals surface area contributed by atoms with Gasteiger partial charge in [0.05, 0.1) is 6.54 Å². The summed E-state index contributed by atoms with van der Waals surface area (Å²) in [5.41, 5.74) is 1.15. The van der Waals surface area contributed by atoms with Gasteiger partial charge in [0.15, 0.2) is 0 Å². The number of nitrogens with zero attached hydrogens (tertiary/aromatic N) is 3. The number of rotatable bonds is 5. The van der Waals surface area contributed by atoms with E-state index in [4.69, 9.17) is 0 Å². The molecule has 2 saturated heterocycles. The molecular weight excluding hydrogens is 338 g/mol. The third-order valence-electron chi connectivity index (χ3n) is 5.95. The molecule has 0 N–H and O–H groups in total. The Morgan fingerprint density at radius 3 is 2.44 bits per heavy atom. The monoisotopic (exact) mass is 371 g/mol. The highest BCUT2D eigenvalue weighted by Crippen LogP contribution is 2.23. The number of piperidine rings is 2. The Hall–Kier alpha value is -1.88. The van der Waals surface area contributed by atoms with Crippen LogP contribution in [0.5, 0.6) is 0 Å². The summed E-state index contributed by atoms with van der Waals surface area (Å²) in [5.74, 6) is 1.26. The number of amides is 2. The van der Waals surface area contributed by atoms with Gasteiger partial charge in [-0.15, -0.1) is 0 Å². The summed E-state index contributed by atoms with van der Waals surface area (Å²) in [6.45, 7) is 6.84. The molecule has 5 nitrogen and oxygen atoms in total. The van der Waals surface area contributed by atoms with Crippen molar-refractivity contribution in [3.63, 3.8) is 0 Å². The number of hydrogen-bond acceptors (Lipinski definition) is 3. The average molecular weight is 372 g/mol. The lowest BCUT2D eigenvalue weighted by Crippen LogP contribution is -2.47. The number of carbonyl (C=O) groups is 2. The van der Waals surface area contributed by atoms with Gasteiger partial charge >= 0.3 is 0 Å². The van der Waals surface area contributed by atoms with E-state index < -0.39 is 0 Å². The van der Waals surface area contributed by atoms with E-state index in [0.29, 0.717) is 24.9 Å². The Morgan fingerprint density at radius 2 is 1.78 bits per heavy atom. The van der Waals surface area contributed by atoms with Gasteiger partial charge in [-0.25, -0.2) is 0 Å². The van der Waals surface area contributed by atoms with Crippen molar-refractivity contribution in [1.29, 1.82) is 0 Å². The summed E-state index contributed by atoms with van der Waals surface area (Å²) in [4.78, 5) is 31.4. The molecule has 1 atom stereocenters. The van der Waals surface area contributed by atoms with Gasteiger partial charge < -0.3 is 9.80 Å². The van der Waals surface area contributed by atoms with Crippen molar-refractivity contribution in [3.8, 4) is 0 Å². The fourth-order valence-corrected chi connectivity index (χ4v) is 4.24. The summed E-state index contributed by atoms with van der Waals surface area (Å²) in [6, 6.07) is 10.1. The van der Waals surface area contributed by atoms with Crippen LogP contribution in [-0.4, -0.2) is 66.3 Å². The Balaban J connectivity index is 1.42. The summed E-state index contributed by atoms with van der Waals surface area (Å²) in [5, 5.41) is 0. The van der Waals surface area contributed by atoms with Crippen LogP contribution in [0.1, 0.15) is 38.2 Å². The highest BCUT2D eigenvalue weighted by atomic mass is 16.2. The van der Waals surface area contributed by atoms with Gasteiger partial charge in [-0.1, -0.05) is 37.3 Å². The van der Waals surface area contributed by atoms with Crippen LogP contribution in [0.25, 0.3) is 0 Å². The molecule has 5 heteroatoms. The predicted molar refractivity (Wildman–Crippen MR) is 107 cm³/mol.